The van der Waals surface area contributed by atoms with Crippen LogP contribution in [-0.4, -0.2) is 23.5 Å². The number of carbonyl (C=O) groups is 3. The van der Waals surface area contributed by atoms with E-state index in [1.807, 2.05) is 0 Å². The molecule has 0 amide bonds. The van der Waals surface area contributed by atoms with Crippen molar-refractivity contribution in [1.29, 1.82) is 0 Å². The predicted octanol–water partition coefficient (Wildman–Crippen LogP) is 2.08. The summed E-state index contributed by atoms with van der Waals surface area (Å²) in [4.78, 5) is 32.8. The van der Waals surface area contributed by atoms with Crippen molar-refractivity contribution in [3.05, 3.63) is 0 Å². The normalized spacial score (nSPS) is 12.4. The molecule has 0 atom stereocenters. The van der Waals surface area contributed by atoms with E-state index in [2.05, 4.69) is 0 Å². The molecule has 0 aromatic carbocycles. The summed E-state index contributed by atoms with van der Waals surface area (Å²) in [6.07, 6.45) is -6.91. The number of halogens is 3. The number of rotatable bonds is 4. The van der Waals surface area contributed by atoms with E-state index in [-0.39, 0.29) is 0 Å². The lowest BCUT2D eigenvalue weighted by molar-refractivity contribution is -0.171. The number of ketones is 3. The Balaban J connectivity index is 4.32. The first-order chi connectivity index (χ1) is 6.94. The summed E-state index contributed by atoms with van der Waals surface area (Å²) >= 11 is 0. The van der Waals surface area contributed by atoms with Crippen molar-refractivity contribution in [2.24, 2.45) is 5.41 Å². The van der Waals surface area contributed by atoms with Gasteiger partial charge in [0.1, 0.15) is 11.6 Å². The van der Waals surface area contributed by atoms with E-state index in [1.54, 1.807) is 20.8 Å². The van der Waals surface area contributed by atoms with E-state index in [0.717, 1.165) is 0 Å². The van der Waals surface area contributed by atoms with Crippen molar-refractivity contribution < 1.29 is 27.6 Å². The monoisotopic (exact) mass is 238 g/mol. The number of Topliss-reactive ketones (excluding diaryl/α,β-unsaturated/α-hetero) is 3. The second-order valence-electron chi connectivity index (χ2n) is 4.49. The van der Waals surface area contributed by atoms with Crippen LogP contribution in [-0.2, 0) is 14.4 Å². The fraction of sp³-hybridized carbons (Fsp3) is 0.700. The quantitative estimate of drug-likeness (QED) is 0.704. The summed E-state index contributed by atoms with van der Waals surface area (Å²) < 4.78 is 35.4. The van der Waals surface area contributed by atoms with E-state index in [4.69, 9.17) is 0 Å². The van der Waals surface area contributed by atoms with Gasteiger partial charge in [-0.1, -0.05) is 20.8 Å². The van der Waals surface area contributed by atoms with Crippen LogP contribution in [0.3, 0.4) is 0 Å². The maximum atomic E-state index is 11.8. The van der Waals surface area contributed by atoms with Gasteiger partial charge in [-0.25, -0.2) is 0 Å². The number of alkyl halides is 3. The third-order valence-corrected chi connectivity index (χ3v) is 1.87. The summed E-state index contributed by atoms with van der Waals surface area (Å²) in [5.74, 6) is -3.59. The van der Waals surface area contributed by atoms with Crippen molar-refractivity contribution >= 4 is 17.3 Å². The van der Waals surface area contributed by atoms with Crippen LogP contribution < -0.4 is 0 Å². The minimum atomic E-state index is -5.01. The van der Waals surface area contributed by atoms with Crippen LogP contribution in [0.5, 0.6) is 0 Å². The zero-order valence-corrected chi connectivity index (χ0v) is 9.27. The maximum absolute atomic E-state index is 11.8. The average molecular weight is 238 g/mol. The molecule has 0 saturated carbocycles. The van der Waals surface area contributed by atoms with E-state index < -0.39 is 41.8 Å². The molecule has 0 fully saturated rings. The molecule has 0 aliphatic rings. The second-order valence-corrected chi connectivity index (χ2v) is 4.49. The molecular weight excluding hydrogens is 225 g/mol. The molecule has 0 heterocycles. The van der Waals surface area contributed by atoms with Crippen LogP contribution in [0, 0.1) is 5.41 Å². The molecule has 16 heavy (non-hydrogen) atoms. The highest BCUT2D eigenvalue weighted by atomic mass is 19.4. The van der Waals surface area contributed by atoms with Gasteiger partial charge < -0.3 is 0 Å². The maximum Gasteiger partial charge on any atom is 0.450 e. The van der Waals surface area contributed by atoms with Crippen molar-refractivity contribution in [1.82, 2.24) is 0 Å². The Labute approximate surface area is 91.0 Å². The van der Waals surface area contributed by atoms with Gasteiger partial charge in [-0.15, -0.1) is 0 Å². The Morgan fingerprint density at radius 2 is 1.25 bits per heavy atom. The molecule has 0 spiro atoms. The van der Waals surface area contributed by atoms with Crippen molar-refractivity contribution in [3.8, 4) is 0 Å². The van der Waals surface area contributed by atoms with Crippen LogP contribution in [0.25, 0.3) is 0 Å². The van der Waals surface area contributed by atoms with Crippen molar-refractivity contribution in [2.75, 3.05) is 0 Å². The van der Waals surface area contributed by atoms with Gasteiger partial charge >= 0.3 is 6.18 Å². The minimum Gasteiger partial charge on any atom is -0.299 e. The van der Waals surface area contributed by atoms with Gasteiger partial charge in [0, 0.05) is 5.41 Å². The van der Waals surface area contributed by atoms with Gasteiger partial charge in [-0.2, -0.15) is 13.2 Å². The zero-order chi connectivity index (χ0) is 13.1. The number of carbonyl (C=O) groups excluding carboxylic acids is 3. The molecular formula is C10H13F3O3. The first-order valence-electron chi connectivity index (χ1n) is 4.59. The van der Waals surface area contributed by atoms with Crippen LogP contribution in [0.4, 0.5) is 13.2 Å². The van der Waals surface area contributed by atoms with Gasteiger partial charge in [0.2, 0.25) is 5.78 Å². The first-order valence-corrected chi connectivity index (χ1v) is 4.59. The van der Waals surface area contributed by atoms with Gasteiger partial charge in [0.15, 0.2) is 0 Å². The topological polar surface area (TPSA) is 51.2 Å². The Morgan fingerprint density at radius 3 is 1.56 bits per heavy atom. The summed E-state index contributed by atoms with van der Waals surface area (Å²) in [5, 5.41) is 0. The smallest absolute Gasteiger partial charge is 0.299 e. The van der Waals surface area contributed by atoms with E-state index in [9.17, 15) is 27.6 Å². The average Bonchev–Trinajstić information content (AvgIpc) is 1.99. The molecule has 6 heteroatoms. The highest BCUT2D eigenvalue weighted by Gasteiger charge is 2.39. The molecule has 0 aliphatic carbocycles. The second kappa shape index (κ2) is 4.76. The molecule has 0 aromatic rings. The third-order valence-electron chi connectivity index (χ3n) is 1.87. The lowest BCUT2D eigenvalue weighted by Crippen LogP contribution is -2.28. The van der Waals surface area contributed by atoms with Gasteiger partial charge in [0.25, 0.3) is 0 Å². The molecule has 0 saturated heterocycles. The Morgan fingerprint density at radius 1 is 0.875 bits per heavy atom. The molecule has 0 unspecified atom stereocenters. The lowest BCUT2D eigenvalue weighted by atomic mass is 9.87. The van der Waals surface area contributed by atoms with E-state index in [1.165, 1.54) is 0 Å². The summed E-state index contributed by atoms with van der Waals surface area (Å²) in [6, 6.07) is 0. The van der Waals surface area contributed by atoms with Crippen LogP contribution >= 0.6 is 0 Å². The van der Waals surface area contributed by atoms with E-state index >= 15 is 0 Å². The Bertz CT molecular complexity index is 280. The van der Waals surface area contributed by atoms with Crippen LogP contribution in [0.2, 0.25) is 0 Å². The number of hydrogen-bond donors (Lipinski definition) is 0. The molecule has 0 aliphatic heterocycles. The SMILES string of the molecule is CC(C)(C)C(=O)CC(=O)CC(=O)C(F)(F)F. The summed E-state index contributed by atoms with van der Waals surface area (Å²) in [7, 11) is 0. The lowest BCUT2D eigenvalue weighted by Gasteiger charge is -2.15. The zero-order valence-electron chi connectivity index (χ0n) is 9.27. The van der Waals surface area contributed by atoms with Crippen LogP contribution in [0.15, 0.2) is 0 Å². The Kier molecular flexibility index (Phi) is 4.40. The highest BCUT2D eigenvalue weighted by Crippen LogP contribution is 2.20. The van der Waals surface area contributed by atoms with Gasteiger partial charge in [-0.05, 0) is 0 Å². The fourth-order valence-electron chi connectivity index (χ4n) is 0.786. The minimum absolute atomic E-state index is 0.479. The largest absolute Gasteiger partial charge is 0.450 e. The molecule has 0 aromatic heterocycles. The third kappa shape index (κ3) is 5.04. The summed E-state index contributed by atoms with van der Waals surface area (Å²) in [6.45, 7) is 4.65. The summed E-state index contributed by atoms with van der Waals surface area (Å²) in [5.41, 5.74) is -0.795. The molecule has 0 N–H and O–H groups in total. The number of hydrogen-bond acceptors (Lipinski definition) is 3. The fourth-order valence-corrected chi connectivity index (χ4v) is 0.786. The molecule has 0 rings (SSSR count). The van der Waals surface area contributed by atoms with Crippen LogP contribution in [0.1, 0.15) is 33.6 Å². The van der Waals surface area contributed by atoms with Gasteiger partial charge in [0.05, 0.1) is 12.8 Å². The van der Waals surface area contributed by atoms with Gasteiger partial charge in [-0.3, -0.25) is 14.4 Å². The van der Waals surface area contributed by atoms with Crippen molar-refractivity contribution in [2.45, 2.75) is 39.8 Å². The molecule has 0 radical (unpaired) electrons. The molecule has 0 bridgehead atoms. The molecule has 3 nitrogen and oxygen atoms in total. The first kappa shape index (κ1) is 14.8. The Hall–Kier alpha value is -1.20. The van der Waals surface area contributed by atoms with E-state index in [0.29, 0.717) is 0 Å². The molecule has 92 valence electrons. The standard InChI is InChI=1S/C10H13F3O3/c1-9(2,3)7(15)4-6(14)5-8(16)10(11,12)13/h4-5H2,1-3H3. The van der Waals surface area contributed by atoms with Crippen molar-refractivity contribution in [3.63, 3.8) is 0 Å². The highest BCUT2D eigenvalue weighted by molar-refractivity contribution is 6.09. The predicted molar refractivity (Wildman–Crippen MR) is 49.8 cm³/mol.